The zero-order valence-corrected chi connectivity index (χ0v) is 13.2. The number of aryl methyl sites for hydroxylation is 1. The van der Waals surface area contributed by atoms with Crippen molar-refractivity contribution in [2.45, 2.75) is 26.2 Å². The van der Waals surface area contributed by atoms with E-state index >= 15 is 0 Å². The van der Waals surface area contributed by atoms with Gasteiger partial charge >= 0.3 is 0 Å². The van der Waals surface area contributed by atoms with Crippen LogP contribution >= 0.6 is 0 Å². The van der Waals surface area contributed by atoms with Crippen LogP contribution in [-0.2, 0) is 23.3 Å². The first-order chi connectivity index (χ1) is 9.50. The molecule has 1 aliphatic rings. The van der Waals surface area contributed by atoms with Crippen molar-refractivity contribution in [1.82, 2.24) is 15.1 Å². The van der Waals surface area contributed by atoms with Crippen LogP contribution in [0.5, 0.6) is 0 Å². The summed E-state index contributed by atoms with van der Waals surface area (Å²) in [6, 6.07) is 0. The number of sulfone groups is 1. The lowest BCUT2D eigenvalue weighted by Gasteiger charge is -2.22. The molecule has 0 bridgehead atoms. The van der Waals surface area contributed by atoms with Gasteiger partial charge in [-0.15, -0.1) is 0 Å². The highest BCUT2D eigenvalue weighted by Crippen LogP contribution is 2.28. The number of nitrogens with one attached hydrogen (secondary N) is 1. The Morgan fingerprint density at radius 1 is 1.55 bits per heavy atom. The van der Waals surface area contributed by atoms with Crippen molar-refractivity contribution in [1.29, 1.82) is 0 Å². The van der Waals surface area contributed by atoms with E-state index in [1.807, 2.05) is 19.4 Å². The summed E-state index contributed by atoms with van der Waals surface area (Å²) >= 11 is 0. The zero-order valence-electron chi connectivity index (χ0n) is 12.4. The predicted molar refractivity (Wildman–Crippen MR) is 80.3 cm³/mol. The van der Waals surface area contributed by atoms with Crippen molar-refractivity contribution in [3.63, 3.8) is 0 Å². The van der Waals surface area contributed by atoms with Gasteiger partial charge in [0.2, 0.25) is 0 Å². The number of hydrogen-bond donors (Lipinski definition) is 1. The molecule has 6 heteroatoms. The molecular weight excluding hydrogens is 274 g/mol. The second-order valence-corrected chi connectivity index (χ2v) is 8.08. The smallest absolute Gasteiger partial charge is 0.150 e. The Morgan fingerprint density at radius 2 is 2.35 bits per heavy atom. The topological polar surface area (TPSA) is 64.0 Å². The molecule has 2 unspecified atom stereocenters. The number of hydrogen-bond acceptors (Lipinski definition) is 4. The molecule has 2 rings (SSSR count). The van der Waals surface area contributed by atoms with Gasteiger partial charge in [-0.2, -0.15) is 5.10 Å². The zero-order chi connectivity index (χ0) is 14.6. The van der Waals surface area contributed by atoms with E-state index < -0.39 is 9.84 Å². The van der Waals surface area contributed by atoms with E-state index in [0.29, 0.717) is 17.4 Å². The summed E-state index contributed by atoms with van der Waals surface area (Å²) in [6.45, 7) is 4.02. The molecule has 5 nitrogen and oxygen atoms in total. The van der Waals surface area contributed by atoms with Gasteiger partial charge in [0.1, 0.15) is 0 Å². The fourth-order valence-electron chi connectivity index (χ4n) is 2.95. The molecule has 1 N–H and O–H groups in total. The summed E-state index contributed by atoms with van der Waals surface area (Å²) in [6.07, 6.45) is 6.72. The number of nitrogens with zero attached hydrogens (tertiary/aromatic N) is 2. The van der Waals surface area contributed by atoms with E-state index in [1.165, 1.54) is 5.56 Å². The minimum absolute atomic E-state index is 0.282. The molecule has 0 saturated carbocycles. The highest BCUT2D eigenvalue weighted by molar-refractivity contribution is 7.91. The maximum Gasteiger partial charge on any atom is 0.150 e. The third-order valence-corrected chi connectivity index (χ3v) is 5.82. The van der Waals surface area contributed by atoms with Gasteiger partial charge in [0.05, 0.1) is 17.7 Å². The summed E-state index contributed by atoms with van der Waals surface area (Å²) in [5.41, 5.74) is 1.19. The Labute approximate surface area is 121 Å². The van der Waals surface area contributed by atoms with Crippen LogP contribution in [0.3, 0.4) is 0 Å². The second-order valence-electron chi connectivity index (χ2n) is 5.85. The summed E-state index contributed by atoms with van der Waals surface area (Å²) in [5, 5.41) is 7.64. The standard InChI is InChI=1S/C14H25N3O2S/c1-3-5-15-9-14(7-12-8-16-17(2)10-12)13-4-6-20(18,19)11-13/h8,10,13-15H,3-7,9,11H2,1-2H3. The quantitative estimate of drug-likeness (QED) is 0.763. The van der Waals surface area contributed by atoms with Crippen molar-refractivity contribution in [3.05, 3.63) is 18.0 Å². The van der Waals surface area contributed by atoms with Crippen molar-refractivity contribution in [3.8, 4) is 0 Å². The lowest BCUT2D eigenvalue weighted by Crippen LogP contribution is -2.31. The molecule has 0 spiro atoms. The predicted octanol–water partition coefficient (Wildman–Crippen LogP) is 1.01. The lowest BCUT2D eigenvalue weighted by atomic mass is 9.87. The highest BCUT2D eigenvalue weighted by Gasteiger charge is 2.33. The van der Waals surface area contributed by atoms with Gasteiger partial charge in [-0.25, -0.2) is 8.42 Å². The van der Waals surface area contributed by atoms with Crippen molar-refractivity contribution >= 4 is 9.84 Å². The Balaban J connectivity index is 2.00. The molecule has 114 valence electrons. The van der Waals surface area contributed by atoms with Crippen LogP contribution < -0.4 is 5.32 Å². The van der Waals surface area contributed by atoms with Gasteiger partial charge in [0.15, 0.2) is 9.84 Å². The monoisotopic (exact) mass is 299 g/mol. The normalized spacial score (nSPS) is 23.0. The first kappa shape index (κ1) is 15.5. The van der Waals surface area contributed by atoms with Crippen LogP contribution in [0.1, 0.15) is 25.3 Å². The van der Waals surface area contributed by atoms with Gasteiger partial charge in [0, 0.05) is 13.2 Å². The van der Waals surface area contributed by atoms with E-state index in [-0.39, 0.29) is 5.92 Å². The molecule has 20 heavy (non-hydrogen) atoms. The molecule has 0 aliphatic carbocycles. The molecule has 0 aromatic carbocycles. The highest BCUT2D eigenvalue weighted by atomic mass is 32.2. The van der Waals surface area contributed by atoms with Crippen LogP contribution in [0.2, 0.25) is 0 Å². The van der Waals surface area contributed by atoms with E-state index in [4.69, 9.17) is 0 Å². The Bertz CT molecular complexity index is 524. The Hall–Kier alpha value is -0.880. The SMILES string of the molecule is CCCNCC(Cc1cnn(C)c1)C1CCS(=O)(=O)C1. The van der Waals surface area contributed by atoms with Crippen molar-refractivity contribution < 1.29 is 8.42 Å². The van der Waals surface area contributed by atoms with Gasteiger partial charge < -0.3 is 5.32 Å². The van der Waals surface area contributed by atoms with Crippen molar-refractivity contribution in [2.75, 3.05) is 24.6 Å². The molecule has 1 aromatic rings. The molecule has 1 fully saturated rings. The molecule has 1 aromatic heterocycles. The molecule has 1 saturated heterocycles. The third-order valence-electron chi connectivity index (χ3n) is 4.02. The van der Waals surface area contributed by atoms with Gasteiger partial charge in [-0.1, -0.05) is 6.92 Å². The number of aromatic nitrogens is 2. The van der Waals surface area contributed by atoms with E-state index in [1.54, 1.807) is 4.68 Å². The molecule has 0 radical (unpaired) electrons. The Kier molecular flexibility index (Phi) is 5.21. The lowest BCUT2D eigenvalue weighted by molar-refractivity contribution is 0.343. The fraction of sp³-hybridized carbons (Fsp3) is 0.786. The van der Waals surface area contributed by atoms with Crippen LogP contribution in [-0.4, -0.2) is 42.8 Å². The molecular formula is C14H25N3O2S. The van der Waals surface area contributed by atoms with E-state index in [0.717, 1.165) is 32.4 Å². The minimum Gasteiger partial charge on any atom is -0.316 e. The van der Waals surface area contributed by atoms with Gasteiger partial charge in [0.25, 0.3) is 0 Å². The van der Waals surface area contributed by atoms with Crippen molar-refractivity contribution in [2.24, 2.45) is 18.9 Å². The fourth-order valence-corrected chi connectivity index (χ4v) is 4.87. The maximum absolute atomic E-state index is 11.7. The first-order valence-corrected chi connectivity index (χ1v) is 9.21. The van der Waals surface area contributed by atoms with E-state index in [9.17, 15) is 8.42 Å². The summed E-state index contributed by atoms with van der Waals surface area (Å²) in [4.78, 5) is 0. The van der Waals surface area contributed by atoms with Crippen LogP contribution in [0.15, 0.2) is 12.4 Å². The Morgan fingerprint density at radius 3 is 2.90 bits per heavy atom. The molecule has 2 atom stereocenters. The summed E-state index contributed by atoms with van der Waals surface area (Å²) < 4.78 is 25.2. The van der Waals surface area contributed by atoms with Crippen LogP contribution in [0.25, 0.3) is 0 Å². The first-order valence-electron chi connectivity index (χ1n) is 7.39. The summed E-state index contributed by atoms with van der Waals surface area (Å²) in [5.74, 6) is 1.37. The average Bonchev–Trinajstić information content (AvgIpc) is 2.94. The third kappa shape index (κ3) is 4.31. The average molecular weight is 299 g/mol. The van der Waals surface area contributed by atoms with Crippen LogP contribution in [0.4, 0.5) is 0 Å². The number of rotatable bonds is 7. The van der Waals surface area contributed by atoms with Gasteiger partial charge in [-0.3, -0.25) is 4.68 Å². The van der Waals surface area contributed by atoms with E-state index in [2.05, 4.69) is 17.3 Å². The second kappa shape index (κ2) is 6.72. The largest absolute Gasteiger partial charge is 0.316 e. The summed E-state index contributed by atoms with van der Waals surface area (Å²) in [7, 11) is -0.896. The van der Waals surface area contributed by atoms with Gasteiger partial charge in [-0.05, 0) is 49.8 Å². The maximum atomic E-state index is 11.7. The molecule has 1 aliphatic heterocycles. The van der Waals surface area contributed by atoms with Crippen LogP contribution in [0, 0.1) is 11.8 Å². The molecule has 0 amide bonds. The molecule has 2 heterocycles. The minimum atomic E-state index is -2.81.